The average Bonchev–Trinajstić information content (AvgIpc) is 2.96. The molecule has 4 unspecified atom stereocenters. The minimum absolute atomic E-state index is 0.0500. The Morgan fingerprint density at radius 3 is 2.06 bits per heavy atom. The van der Waals surface area contributed by atoms with Crippen molar-refractivity contribution in [3.8, 4) is 0 Å². The molecule has 3 N–H and O–H groups in total. The fourth-order valence-corrected chi connectivity index (χ4v) is 3.08. The van der Waals surface area contributed by atoms with Crippen molar-refractivity contribution in [2.45, 2.75) is 77.9 Å². The van der Waals surface area contributed by atoms with Crippen LogP contribution in [0.4, 0.5) is 0 Å². The van der Waals surface area contributed by atoms with Crippen LogP contribution in [0.1, 0.15) is 59.8 Å². The Labute approximate surface area is 187 Å². The lowest BCUT2D eigenvalue weighted by Gasteiger charge is -2.21. The molecule has 1 heterocycles. The number of hydrogen-bond acceptors (Lipinski definition) is 7. The molecular formula is C21H32N4O7. The SMILES string of the molecule is CC1CC(=O)N(CC(=O)NC(C)C(=O)NC(C)C(=O)NC(C)C(=O)CCCCC=O)C1=O. The number of nitrogens with one attached hydrogen (secondary N) is 3. The normalized spacial score (nSPS) is 18.5. The Kier molecular flexibility index (Phi) is 10.7. The first kappa shape index (κ1) is 26.9. The third-order valence-electron chi connectivity index (χ3n) is 5.13. The van der Waals surface area contributed by atoms with Gasteiger partial charge in [0.2, 0.25) is 29.5 Å². The second kappa shape index (κ2) is 12.7. The summed E-state index contributed by atoms with van der Waals surface area (Å²) in [6.45, 7) is 5.51. The zero-order valence-electron chi connectivity index (χ0n) is 18.9. The molecule has 11 nitrogen and oxygen atoms in total. The lowest BCUT2D eigenvalue weighted by molar-refractivity contribution is -0.143. The van der Waals surface area contributed by atoms with Gasteiger partial charge in [-0.2, -0.15) is 0 Å². The first-order chi connectivity index (χ1) is 15.0. The van der Waals surface area contributed by atoms with Gasteiger partial charge in [0.15, 0.2) is 5.78 Å². The minimum Gasteiger partial charge on any atom is -0.345 e. The van der Waals surface area contributed by atoms with E-state index >= 15 is 0 Å². The summed E-state index contributed by atoms with van der Waals surface area (Å²) in [6.07, 6.45) is 2.61. The number of unbranched alkanes of at least 4 members (excludes halogenated alkanes) is 2. The van der Waals surface area contributed by atoms with Gasteiger partial charge in [-0.1, -0.05) is 6.92 Å². The molecule has 0 aromatic heterocycles. The molecule has 0 spiro atoms. The number of nitrogens with zero attached hydrogens (tertiary/aromatic N) is 1. The van der Waals surface area contributed by atoms with Crippen LogP contribution in [0, 0.1) is 5.92 Å². The van der Waals surface area contributed by atoms with Crippen molar-refractivity contribution in [1.29, 1.82) is 0 Å². The molecule has 1 fully saturated rings. The maximum Gasteiger partial charge on any atom is 0.242 e. The van der Waals surface area contributed by atoms with Crippen LogP contribution in [-0.2, 0) is 33.6 Å². The van der Waals surface area contributed by atoms with Gasteiger partial charge >= 0.3 is 0 Å². The third-order valence-corrected chi connectivity index (χ3v) is 5.13. The number of amides is 5. The molecule has 32 heavy (non-hydrogen) atoms. The van der Waals surface area contributed by atoms with Crippen molar-refractivity contribution in [3.63, 3.8) is 0 Å². The van der Waals surface area contributed by atoms with Crippen LogP contribution in [0.3, 0.4) is 0 Å². The van der Waals surface area contributed by atoms with Gasteiger partial charge in [-0.3, -0.25) is 33.7 Å². The van der Waals surface area contributed by atoms with E-state index < -0.39 is 60.1 Å². The van der Waals surface area contributed by atoms with Crippen LogP contribution in [-0.4, -0.2) is 71.2 Å². The Morgan fingerprint density at radius 1 is 0.969 bits per heavy atom. The molecule has 1 aliphatic rings. The summed E-state index contributed by atoms with van der Waals surface area (Å²) >= 11 is 0. The van der Waals surface area contributed by atoms with Crippen LogP contribution in [0.5, 0.6) is 0 Å². The van der Waals surface area contributed by atoms with Gasteiger partial charge in [0.05, 0.1) is 6.04 Å². The summed E-state index contributed by atoms with van der Waals surface area (Å²) in [4.78, 5) is 83.5. The highest BCUT2D eigenvalue weighted by Gasteiger charge is 2.36. The number of likely N-dealkylation sites (tertiary alicyclic amines) is 1. The smallest absolute Gasteiger partial charge is 0.242 e. The van der Waals surface area contributed by atoms with Crippen LogP contribution in [0.2, 0.25) is 0 Å². The largest absolute Gasteiger partial charge is 0.345 e. The second-order valence-corrected chi connectivity index (χ2v) is 8.05. The van der Waals surface area contributed by atoms with Gasteiger partial charge in [-0.05, 0) is 33.6 Å². The first-order valence-corrected chi connectivity index (χ1v) is 10.7. The molecule has 0 aromatic carbocycles. The summed E-state index contributed by atoms with van der Waals surface area (Å²) in [5, 5.41) is 7.36. The summed E-state index contributed by atoms with van der Waals surface area (Å²) in [5.74, 6) is -3.39. The first-order valence-electron chi connectivity index (χ1n) is 10.7. The van der Waals surface area contributed by atoms with Crippen molar-refractivity contribution in [2.24, 2.45) is 5.92 Å². The van der Waals surface area contributed by atoms with E-state index in [2.05, 4.69) is 16.0 Å². The van der Waals surface area contributed by atoms with Crippen molar-refractivity contribution in [2.75, 3.05) is 6.54 Å². The Morgan fingerprint density at radius 2 is 1.53 bits per heavy atom. The van der Waals surface area contributed by atoms with E-state index in [0.717, 1.165) is 11.2 Å². The zero-order chi connectivity index (χ0) is 24.4. The van der Waals surface area contributed by atoms with Crippen molar-refractivity contribution in [1.82, 2.24) is 20.9 Å². The molecule has 0 saturated carbocycles. The summed E-state index contributed by atoms with van der Waals surface area (Å²) in [6, 6.07) is -2.72. The summed E-state index contributed by atoms with van der Waals surface area (Å²) in [5.41, 5.74) is 0. The molecular weight excluding hydrogens is 420 g/mol. The Bertz CT molecular complexity index is 767. The fraction of sp³-hybridized carbons (Fsp3) is 0.667. The van der Waals surface area contributed by atoms with Crippen LogP contribution in [0.15, 0.2) is 0 Å². The fourth-order valence-electron chi connectivity index (χ4n) is 3.08. The van der Waals surface area contributed by atoms with E-state index in [1.807, 2.05) is 0 Å². The molecule has 178 valence electrons. The number of aldehydes is 1. The van der Waals surface area contributed by atoms with E-state index in [-0.39, 0.29) is 18.6 Å². The zero-order valence-corrected chi connectivity index (χ0v) is 18.9. The molecule has 5 amide bonds. The Hall–Kier alpha value is -3.11. The number of carbonyl (C=O) groups is 7. The molecule has 0 bridgehead atoms. The van der Waals surface area contributed by atoms with Gasteiger partial charge < -0.3 is 20.7 Å². The highest BCUT2D eigenvalue weighted by Crippen LogP contribution is 2.18. The van der Waals surface area contributed by atoms with E-state index in [1.165, 1.54) is 13.8 Å². The molecule has 0 aliphatic carbocycles. The van der Waals surface area contributed by atoms with Crippen LogP contribution in [0.25, 0.3) is 0 Å². The number of Topliss-reactive ketones (excluding diaryl/α,β-unsaturated/α-hetero) is 1. The maximum absolute atomic E-state index is 12.3. The topological polar surface area (TPSA) is 159 Å². The predicted octanol–water partition coefficient (Wildman–Crippen LogP) is -0.776. The molecule has 1 saturated heterocycles. The minimum atomic E-state index is -1.01. The molecule has 0 radical (unpaired) electrons. The predicted molar refractivity (Wildman–Crippen MR) is 113 cm³/mol. The monoisotopic (exact) mass is 452 g/mol. The molecule has 0 aromatic rings. The standard InChI is InChI=1S/C21H32N4O7/c1-12-10-18(29)25(21(12)32)11-17(28)22-14(3)19(30)24-15(4)20(31)23-13(2)16(27)8-6-5-7-9-26/h9,12-15H,5-8,10-11H2,1-4H3,(H,22,28)(H,23,31)(H,24,30). The van der Waals surface area contributed by atoms with E-state index in [0.29, 0.717) is 19.3 Å². The van der Waals surface area contributed by atoms with E-state index in [9.17, 15) is 33.6 Å². The lowest BCUT2D eigenvalue weighted by Crippen LogP contribution is -2.54. The molecule has 4 atom stereocenters. The lowest BCUT2D eigenvalue weighted by atomic mass is 10.1. The summed E-state index contributed by atoms with van der Waals surface area (Å²) in [7, 11) is 0. The van der Waals surface area contributed by atoms with E-state index in [1.54, 1.807) is 13.8 Å². The highest BCUT2D eigenvalue weighted by molar-refractivity contribution is 6.06. The maximum atomic E-state index is 12.3. The van der Waals surface area contributed by atoms with Gasteiger partial charge in [-0.15, -0.1) is 0 Å². The average molecular weight is 453 g/mol. The van der Waals surface area contributed by atoms with Crippen LogP contribution >= 0.6 is 0 Å². The van der Waals surface area contributed by atoms with Gasteiger partial charge in [-0.25, -0.2) is 0 Å². The second-order valence-electron chi connectivity index (χ2n) is 8.05. The number of hydrogen-bond donors (Lipinski definition) is 3. The van der Waals surface area contributed by atoms with Crippen molar-refractivity contribution in [3.05, 3.63) is 0 Å². The number of rotatable bonds is 13. The molecule has 1 rings (SSSR count). The third kappa shape index (κ3) is 8.20. The van der Waals surface area contributed by atoms with Crippen LogP contribution < -0.4 is 16.0 Å². The van der Waals surface area contributed by atoms with Gasteiger partial charge in [0, 0.05) is 25.2 Å². The molecule has 11 heteroatoms. The molecule has 1 aliphatic heterocycles. The highest BCUT2D eigenvalue weighted by atomic mass is 16.2. The Balaban J connectivity index is 2.44. The van der Waals surface area contributed by atoms with Gasteiger partial charge in [0.1, 0.15) is 24.9 Å². The van der Waals surface area contributed by atoms with E-state index in [4.69, 9.17) is 0 Å². The van der Waals surface area contributed by atoms with Crippen molar-refractivity contribution >= 4 is 41.6 Å². The van der Waals surface area contributed by atoms with Crippen molar-refractivity contribution < 1.29 is 33.6 Å². The van der Waals surface area contributed by atoms with Gasteiger partial charge in [0.25, 0.3) is 0 Å². The summed E-state index contributed by atoms with van der Waals surface area (Å²) < 4.78 is 0. The number of imide groups is 1. The number of ketones is 1. The quantitative estimate of drug-likeness (QED) is 0.188. The number of carbonyl (C=O) groups excluding carboxylic acids is 7.